The lowest BCUT2D eigenvalue weighted by molar-refractivity contribution is 0.0598. The van der Waals surface area contributed by atoms with Crippen molar-refractivity contribution in [3.05, 3.63) is 52.1 Å². The molecule has 0 spiro atoms. The number of carbonyl (C=O) groups excluding carboxylic acids is 1. The SMILES string of the molecule is Cc1ccnc(N(C(=O)OC(C)(C)C)c2cccc(Cl)c2Cl)c1. The molecule has 0 N–H and O–H groups in total. The fraction of sp³-hybridized carbons (Fsp3) is 0.294. The summed E-state index contributed by atoms with van der Waals surface area (Å²) in [5.41, 5.74) is 0.734. The Morgan fingerprint density at radius 3 is 2.52 bits per heavy atom. The molecule has 4 nitrogen and oxygen atoms in total. The lowest BCUT2D eigenvalue weighted by Gasteiger charge is -2.27. The van der Waals surface area contributed by atoms with E-state index in [4.69, 9.17) is 27.9 Å². The number of amides is 1. The van der Waals surface area contributed by atoms with Crippen LogP contribution in [0.15, 0.2) is 36.5 Å². The standard InChI is InChI=1S/C17H18Cl2N2O2/c1-11-8-9-20-14(10-11)21(16(22)23-17(2,3)4)13-7-5-6-12(18)15(13)19/h5-10H,1-4H3. The molecule has 0 unspecified atom stereocenters. The second-order valence-electron chi connectivity index (χ2n) is 6.08. The highest BCUT2D eigenvalue weighted by molar-refractivity contribution is 6.44. The van der Waals surface area contributed by atoms with Crippen LogP contribution in [0.25, 0.3) is 0 Å². The quantitative estimate of drug-likeness (QED) is 0.688. The third-order valence-electron chi connectivity index (χ3n) is 2.88. The molecule has 0 radical (unpaired) electrons. The van der Waals surface area contributed by atoms with E-state index >= 15 is 0 Å². The van der Waals surface area contributed by atoms with Crippen molar-refractivity contribution in [2.45, 2.75) is 33.3 Å². The monoisotopic (exact) mass is 352 g/mol. The van der Waals surface area contributed by atoms with Gasteiger partial charge in [-0.2, -0.15) is 0 Å². The van der Waals surface area contributed by atoms with Crippen molar-refractivity contribution < 1.29 is 9.53 Å². The van der Waals surface area contributed by atoms with Crippen molar-refractivity contribution in [2.24, 2.45) is 0 Å². The number of hydrogen-bond donors (Lipinski definition) is 0. The third kappa shape index (κ3) is 4.36. The Kier molecular flexibility index (Phi) is 5.17. The van der Waals surface area contributed by atoms with Crippen LogP contribution >= 0.6 is 23.2 Å². The zero-order chi connectivity index (χ0) is 17.2. The Morgan fingerprint density at radius 2 is 1.91 bits per heavy atom. The highest BCUT2D eigenvalue weighted by atomic mass is 35.5. The fourth-order valence-corrected chi connectivity index (χ4v) is 2.31. The summed E-state index contributed by atoms with van der Waals surface area (Å²) in [6.45, 7) is 7.31. The largest absolute Gasteiger partial charge is 0.443 e. The predicted molar refractivity (Wildman–Crippen MR) is 93.8 cm³/mol. The minimum Gasteiger partial charge on any atom is -0.443 e. The zero-order valence-corrected chi connectivity index (χ0v) is 14.9. The molecule has 0 saturated carbocycles. The Balaban J connectivity index is 2.56. The van der Waals surface area contributed by atoms with E-state index in [1.165, 1.54) is 4.90 Å². The van der Waals surface area contributed by atoms with Crippen LogP contribution in [0, 0.1) is 6.92 Å². The summed E-state index contributed by atoms with van der Waals surface area (Å²) in [5, 5.41) is 0.619. The highest BCUT2D eigenvalue weighted by Crippen LogP contribution is 2.36. The maximum absolute atomic E-state index is 12.7. The Labute approximate surface area is 146 Å². The average Bonchev–Trinajstić information content (AvgIpc) is 2.42. The van der Waals surface area contributed by atoms with Crippen molar-refractivity contribution in [1.29, 1.82) is 0 Å². The first kappa shape index (κ1) is 17.6. The molecule has 2 aromatic rings. The van der Waals surface area contributed by atoms with Crippen molar-refractivity contribution in [2.75, 3.05) is 4.90 Å². The molecule has 1 heterocycles. The van der Waals surface area contributed by atoms with Crippen LogP contribution in [0.4, 0.5) is 16.3 Å². The molecule has 0 atom stereocenters. The lowest BCUT2D eigenvalue weighted by atomic mass is 10.2. The maximum atomic E-state index is 12.7. The average molecular weight is 353 g/mol. The highest BCUT2D eigenvalue weighted by Gasteiger charge is 2.27. The molecule has 0 aliphatic rings. The smallest absolute Gasteiger partial charge is 0.420 e. The van der Waals surface area contributed by atoms with Gasteiger partial charge in [-0.05, 0) is 57.5 Å². The van der Waals surface area contributed by atoms with Gasteiger partial charge in [0.05, 0.1) is 15.7 Å². The summed E-state index contributed by atoms with van der Waals surface area (Å²) in [5.74, 6) is 0.420. The molecule has 23 heavy (non-hydrogen) atoms. The van der Waals surface area contributed by atoms with Gasteiger partial charge in [-0.25, -0.2) is 14.7 Å². The molecule has 0 bridgehead atoms. The van der Waals surface area contributed by atoms with Gasteiger partial charge in [0.2, 0.25) is 0 Å². The van der Waals surface area contributed by atoms with Crippen molar-refractivity contribution in [3.8, 4) is 0 Å². The second kappa shape index (κ2) is 6.77. The minimum absolute atomic E-state index is 0.267. The first-order valence-corrected chi connectivity index (χ1v) is 7.84. The molecule has 6 heteroatoms. The molecule has 0 aliphatic heterocycles. The van der Waals surface area contributed by atoms with E-state index in [1.54, 1.807) is 51.2 Å². The van der Waals surface area contributed by atoms with Crippen LogP contribution in [-0.4, -0.2) is 16.7 Å². The zero-order valence-electron chi connectivity index (χ0n) is 13.4. The van der Waals surface area contributed by atoms with E-state index in [1.807, 2.05) is 13.0 Å². The summed E-state index contributed by atoms with van der Waals surface area (Å²) in [6, 6.07) is 8.70. The van der Waals surface area contributed by atoms with Gasteiger partial charge >= 0.3 is 6.09 Å². The number of benzene rings is 1. The van der Waals surface area contributed by atoms with Gasteiger partial charge in [-0.1, -0.05) is 29.3 Å². The Morgan fingerprint density at radius 1 is 1.22 bits per heavy atom. The third-order valence-corrected chi connectivity index (χ3v) is 3.69. The number of hydrogen-bond acceptors (Lipinski definition) is 3. The number of aromatic nitrogens is 1. The molecule has 0 fully saturated rings. The van der Waals surface area contributed by atoms with Gasteiger partial charge in [0.15, 0.2) is 0 Å². The summed E-state index contributed by atoms with van der Waals surface area (Å²) < 4.78 is 5.49. The van der Waals surface area contributed by atoms with Crippen LogP contribution in [-0.2, 0) is 4.74 Å². The topological polar surface area (TPSA) is 42.4 Å². The molecule has 122 valence electrons. The maximum Gasteiger partial charge on any atom is 0.420 e. The molecule has 2 rings (SSSR count). The van der Waals surface area contributed by atoms with Crippen LogP contribution < -0.4 is 4.90 Å². The first-order chi connectivity index (χ1) is 10.7. The minimum atomic E-state index is -0.649. The number of carbonyl (C=O) groups is 1. The Bertz CT molecular complexity index is 727. The summed E-state index contributed by atoms with van der Waals surface area (Å²) in [7, 11) is 0. The molecule has 1 aromatic heterocycles. The van der Waals surface area contributed by atoms with Crippen molar-refractivity contribution in [3.63, 3.8) is 0 Å². The first-order valence-electron chi connectivity index (χ1n) is 7.09. The summed E-state index contributed by atoms with van der Waals surface area (Å²) >= 11 is 12.4. The van der Waals surface area contributed by atoms with E-state index in [0.717, 1.165) is 5.56 Å². The number of pyridine rings is 1. The van der Waals surface area contributed by atoms with E-state index in [0.29, 0.717) is 16.5 Å². The number of ether oxygens (including phenoxy) is 1. The van der Waals surface area contributed by atoms with Crippen molar-refractivity contribution in [1.82, 2.24) is 4.98 Å². The predicted octanol–water partition coefficient (Wildman–Crippen LogP) is 5.77. The Hall–Kier alpha value is -1.78. The van der Waals surface area contributed by atoms with Gasteiger partial charge in [-0.15, -0.1) is 0 Å². The lowest BCUT2D eigenvalue weighted by Crippen LogP contribution is -2.34. The van der Waals surface area contributed by atoms with Gasteiger partial charge in [0.25, 0.3) is 0 Å². The van der Waals surface area contributed by atoms with E-state index in [-0.39, 0.29) is 5.02 Å². The van der Waals surface area contributed by atoms with Crippen molar-refractivity contribution >= 4 is 40.8 Å². The molecule has 1 aromatic carbocycles. The van der Waals surface area contributed by atoms with E-state index < -0.39 is 11.7 Å². The van der Waals surface area contributed by atoms with Gasteiger partial charge in [-0.3, -0.25) is 0 Å². The molecular weight excluding hydrogens is 335 g/mol. The molecular formula is C17H18Cl2N2O2. The molecule has 1 amide bonds. The number of nitrogens with zero attached hydrogens (tertiary/aromatic N) is 2. The molecule has 0 saturated heterocycles. The number of aryl methyl sites for hydroxylation is 1. The normalized spacial score (nSPS) is 11.2. The summed E-state index contributed by atoms with van der Waals surface area (Å²) in [4.78, 5) is 18.3. The van der Waals surface area contributed by atoms with Gasteiger partial charge in [0.1, 0.15) is 11.4 Å². The van der Waals surface area contributed by atoms with Crippen LogP contribution in [0.3, 0.4) is 0 Å². The summed E-state index contributed by atoms with van der Waals surface area (Å²) in [6.07, 6.45) is 1.06. The van der Waals surface area contributed by atoms with Gasteiger partial charge < -0.3 is 4.74 Å². The number of rotatable bonds is 2. The van der Waals surface area contributed by atoms with Crippen LogP contribution in [0.1, 0.15) is 26.3 Å². The second-order valence-corrected chi connectivity index (χ2v) is 6.87. The number of anilines is 2. The van der Waals surface area contributed by atoms with E-state index in [9.17, 15) is 4.79 Å². The van der Waals surface area contributed by atoms with Crippen LogP contribution in [0.5, 0.6) is 0 Å². The van der Waals surface area contributed by atoms with Gasteiger partial charge in [0, 0.05) is 6.20 Å². The van der Waals surface area contributed by atoms with E-state index in [2.05, 4.69) is 4.98 Å². The fourth-order valence-electron chi connectivity index (χ4n) is 1.93. The molecule has 0 aliphatic carbocycles. The number of halogens is 2. The van der Waals surface area contributed by atoms with Crippen LogP contribution in [0.2, 0.25) is 10.0 Å².